The number of alkyl halides is 1. The van der Waals surface area contributed by atoms with E-state index in [1.54, 1.807) is 7.11 Å². The molecule has 13 heavy (non-hydrogen) atoms. The lowest BCUT2D eigenvalue weighted by Gasteiger charge is -2.08. The molecule has 1 aromatic carbocycles. The van der Waals surface area contributed by atoms with Crippen LogP contribution in [0.5, 0.6) is 5.75 Å². The van der Waals surface area contributed by atoms with E-state index in [1.807, 2.05) is 19.1 Å². The molecule has 72 valence electrons. The van der Waals surface area contributed by atoms with Crippen molar-refractivity contribution in [2.24, 2.45) is 0 Å². The third-order valence-corrected chi connectivity index (χ3v) is 2.02. The number of aryl methyl sites for hydroxylation is 2. The number of rotatable bonds is 4. The summed E-state index contributed by atoms with van der Waals surface area (Å²) in [7, 11) is 1.64. The topological polar surface area (TPSA) is 9.23 Å². The standard InChI is InChI=1S/C11H15FO/c1-9-5-6-11(13-2)10(8-9)4-3-7-12/h5-6,8H,3-4,7H2,1-2H3. The van der Waals surface area contributed by atoms with E-state index in [1.165, 1.54) is 5.56 Å². The molecule has 0 atom stereocenters. The van der Waals surface area contributed by atoms with E-state index in [4.69, 9.17) is 4.74 Å². The van der Waals surface area contributed by atoms with Crippen molar-refractivity contribution in [3.63, 3.8) is 0 Å². The maximum atomic E-state index is 12.0. The third-order valence-electron chi connectivity index (χ3n) is 2.02. The Hall–Kier alpha value is -1.05. The van der Waals surface area contributed by atoms with Gasteiger partial charge >= 0.3 is 0 Å². The average molecular weight is 182 g/mol. The van der Waals surface area contributed by atoms with Gasteiger partial charge in [-0.05, 0) is 31.4 Å². The fourth-order valence-corrected chi connectivity index (χ4v) is 1.36. The fourth-order valence-electron chi connectivity index (χ4n) is 1.36. The summed E-state index contributed by atoms with van der Waals surface area (Å²) in [4.78, 5) is 0. The molecular formula is C11H15FO. The van der Waals surface area contributed by atoms with Crippen molar-refractivity contribution in [1.29, 1.82) is 0 Å². The minimum Gasteiger partial charge on any atom is -0.496 e. The molecule has 2 heteroatoms. The molecule has 1 nitrogen and oxygen atoms in total. The first-order valence-corrected chi connectivity index (χ1v) is 4.47. The molecule has 1 aromatic rings. The fraction of sp³-hybridized carbons (Fsp3) is 0.455. The Balaban J connectivity index is 2.81. The van der Waals surface area contributed by atoms with Crippen LogP contribution in [0.15, 0.2) is 18.2 Å². The summed E-state index contributed by atoms with van der Waals surface area (Å²) in [6.45, 7) is 1.76. The summed E-state index contributed by atoms with van der Waals surface area (Å²) in [6, 6.07) is 5.98. The Morgan fingerprint density at radius 1 is 1.38 bits per heavy atom. The highest BCUT2D eigenvalue weighted by atomic mass is 19.1. The normalized spacial score (nSPS) is 10.1. The maximum Gasteiger partial charge on any atom is 0.122 e. The van der Waals surface area contributed by atoms with Gasteiger partial charge < -0.3 is 4.74 Å². The van der Waals surface area contributed by atoms with Crippen molar-refractivity contribution in [3.05, 3.63) is 29.3 Å². The Kier molecular flexibility index (Phi) is 3.74. The van der Waals surface area contributed by atoms with Crippen molar-refractivity contribution in [2.75, 3.05) is 13.8 Å². The van der Waals surface area contributed by atoms with Gasteiger partial charge in [-0.1, -0.05) is 17.7 Å². The lowest BCUT2D eigenvalue weighted by Crippen LogP contribution is -1.93. The van der Waals surface area contributed by atoms with E-state index in [0.717, 1.165) is 17.7 Å². The summed E-state index contributed by atoms with van der Waals surface area (Å²) < 4.78 is 17.1. The van der Waals surface area contributed by atoms with Crippen LogP contribution in [0.25, 0.3) is 0 Å². The Morgan fingerprint density at radius 2 is 2.15 bits per heavy atom. The van der Waals surface area contributed by atoms with Crippen molar-refractivity contribution >= 4 is 0 Å². The second-order valence-corrected chi connectivity index (χ2v) is 3.11. The molecule has 0 aliphatic rings. The van der Waals surface area contributed by atoms with Gasteiger partial charge in [0.15, 0.2) is 0 Å². The first-order chi connectivity index (χ1) is 6.27. The number of methoxy groups -OCH3 is 1. The molecular weight excluding hydrogens is 167 g/mol. The van der Waals surface area contributed by atoms with Gasteiger partial charge in [0.2, 0.25) is 0 Å². The largest absolute Gasteiger partial charge is 0.496 e. The molecule has 0 saturated heterocycles. The van der Waals surface area contributed by atoms with Crippen LogP contribution >= 0.6 is 0 Å². The summed E-state index contributed by atoms with van der Waals surface area (Å²) >= 11 is 0. The van der Waals surface area contributed by atoms with Crippen LogP contribution in [0.1, 0.15) is 17.5 Å². The second-order valence-electron chi connectivity index (χ2n) is 3.11. The van der Waals surface area contributed by atoms with Crippen LogP contribution in [-0.4, -0.2) is 13.8 Å². The van der Waals surface area contributed by atoms with Gasteiger partial charge in [-0.3, -0.25) is 4.39 Å². The molecule has 0 aliphatic carbocycles. The van der Waals surface area contributed by atoms with E-state index in [9.17, 15) is 4.39 Å². The lowest BCUT2D eigenvalue weighted by molar-refractivity contribution is 0.406. The van der Waals surface area contributed by atoms with Crippen LogP contribution in [0.4, 0.5) is 4.39 Å². The van der Waals surface area contributed by atoms with E-state index < -0.39 is 0 Å². The summed E-state index contributed by atoms with van der Waals surface area (Å²) in [5.41, 5.74) is 2.29. The molecule has 0 amide bonds. The zero-order valence-corrected chi connectivity index (χ0v) is 8.14. The smallest absolute Gasteiger partial charge is 0.122 e. The molecule has 0 fully saturated rings. The van der Waals surface area contributed by atoms with Crippen molar-refractivity contribution in [3.8, 4) is 5.75 Å². The molecule has 0 spiro atoms. The summed E-state index contributed by atoms with van der Waals surface area (Å²) in [5.74, 6) is 0.860. The monoisotopic (exact) mass is 182 g/mol. The van der Waals surface area contributed by atoms with Crippen LogP contribution in [0.2, 0.25) is 0 Å². The van der Waals surface area contributed by atoms with Crippen LogP contribution < -0.4 is 4.74 Å². The number of halogens is 1. The van der Waals surface area contributed by atoms with Crippen molar-refractivity contribution in [1.82, 2.24) is 0 Å². The van der Waals surface area contributed by atoms with Crippen molar-refractivity contribution < 1.29 is 9.13 Å². The first kappa shape index (κ1) is 10.0. The molecule has 0 aliphatic heterocycles. The minimum atomic E-state index is -0.267. The first-order valence-electron chi connectivity index (χ1n) is 4.47. The molecule has 0 N–H and O–H groups in total. The van der Waals surface area contributed by atoms with Gasteiger partial charge in [0, 0.05) is 0 Å². The lowest BCUT2D eigenvalue weighted by atomic mass is 10.1. The minimum absolute atomic E-state index is 0.267. The molecule has 0 heterocycles. The van der Waals surface area contributed by atoms with Crippen LogP contribution in [0.3, 0.4) is 0 Å². The van der Waals surface area contributed by atoms with E-state index in [2.05, 4.69) is 6.07 Å². The summed E-state index contributed by atoms with van der Waals surface area (Å²) in [5, 5.41) is 0. The van der Waals surface area contributed by atoms with E-state index in [0.29, 0.717) is 6.42 Å². The SMILES string of the molecule is COc1ccc(C)cc1CCCF. The second kappa shape index (κ2) is 4.85. The Labute approximate surface area is 78.5 Å². The quantitative estimate of drug-likeness (QED) is 0.695. The van der Waals surface area contributed by atoms with Crippen LogP contribution in [-0.2, 0) is 6.42 Å². The Morgan fingerprint density at radius 3 is 2.77 bits per heavy atom. The summed E-state index contributed by atoms with van der Waals surface area (Å²) in [6.07, 6.45) is 1.32. The van der Waals surface area contributed by atoms with Gasteiger partial charge in [0.1, 0.15) is 5.75 Å². The molecule has 0 aromatic heterocycles. The Bertz CT molecular complexity index is 271. The van der Waals surface area contributed by atoms with Gasteiger partial charge in [0.05, 0.1) is 13.8 Å². The van der Waals surface area contributed by atoms with Crippen molar-refractivity contribution in [2.45, 2.75) is 19.8 Å². The average Bonchev–Trinajstić information content (AvgIpc) is 2.15. The predicted molar refractivity (Wildman–Crippen MR) is 52.0 cm³/mol. The molecule has 0 bridgehead atoms. The molecule has 1 rings (SSSR count). The van der Waals surface area contributed by atoms with Gasteiger partial charge in [-0.2, -0.15) is 0 Å². The molecule has 0 saturated carbocycles. The van der Waals surface area contributed by atoms with Gasteiger partial charge in [-0.25, -0.2) is 0 Å². The number of hydrogen-bond acceptors (Lipinski definition) is 1. The van der Waals surface area contributed by atoms with Gasteiger partial charge in [0.25, 0.3) is 0 Å². The zero-order valence-electron chi connectivity index (χ0n) is 8.14. The molecule has 0 radical (unpaired) electrons. The van der Waals surface area contributed by atoms with Gasteiger partial charge in [-0.15, -0.1) is 0 Å². The number of ether oxygens (including phenoxy) is 1. The number of hydrogen-bond donors (Lipinski definition) is 0. The van der Waals surface area contributed by atoms with E-state index >= 15 is 0 Å². The van der Waals surface area contributed by atoms with E-state index in [-0.39, 0.29) is 6.67 Å². The zero-order chi connectivity index (χ0) is 9.68. The highest BCUT2D eigenvalue weighted by Gasteiger charge is 2.02. The highest BCUT2D eigenvalue weighted by molar-refractivity contribution is 5.36. The maximum absolute atomic E-state index is 12.0. The molecule has 0 unspecified atom stereocenters. The third kappa shape index (κ3) is 2.72. The predicted octanol–water partition coefficient (Wildman–Crippen LogP) is 2.91. The number of benzene rings is 1. The highest BCUT2D eigenvalue weighted by Crippen LogP contribution is 2.20. The van der Waals surface area contributed by atoms with Crippen LogP contribution in [0, 0.1) is 6.92 Å².